The van der Waals surface area contributed by atoms with Crippen LogP contribution >= 0.6 is 0 Å². The number of hydrogen-bond donors (Lipinski definition) is 0. The molecule has 24 heavy (non-hydrogen) atoms. The van der Waals surface area contributed by atoms with Gasteiger partial charge in [0.05, 0.1) is 7.11 Å². The van der Waals surface area contributed by atoms with Gasteiger partial charge in [-0.2, -0.15) is 0 Å². The quantitative estimate of drug-likeness (QED) is 0.847. The second-order valence-corrected chi connectivity index (χ2v) is 5.73. The SMILES string of the molecule is COc1ccc(N2CCN(C(=O)Cn3ccccc3=O)CC2)cc1. The molecule has 0 atom stereocenters. The minimum Gasteiger partial charge on any atom is -0.497 e. The molecule has 1 aromatic heterocycles. The van der Waals surface area contributed by atoms with Gasteiger partial charge in [-0.15, -0.1) is 0 Å². The molecule has 1 aliphatic heterocycles. The first-order chi connectivity index (χ1) is 11.7. The van der Waals surface area contributed by atoms with Gasteiger partial charge in [-0.3, -0.25) is 9.59 Å². The van der Waals surface area contributed by atoms with Crippen molar-refractivity contribution in [1.82, 2.24) is 9.47 Å². The summed E-state index contributed by atoms with van der Waals surface area (Å²) >= 11 is 0. The van der Waals surface area contributed by atoms with Gasteiger partial charge in [0.15, 0.2) is 0 Å². The Balaban J connectivity index is 1.57. The smallest absolute Gasteiger partial charge is 0.250 e. The maximum atomic E-state index is 12.4. The molecular formula is C18H21N3O3. The molecular weight excluding hydrogens is 306 g/mol. The van der Waals surface area contributed by atoms with Crippen molar-refractivity contribution in [1.29, 1.82) is 0 Å². The molecule has 0 bridgehead atoms. The molecule has 1 aromatic carbocycles. The lowest BCUT2D eigenvalue weighted by Crippen LogP contribution is -2.50. The Morgan fingerprint density at radius 1 is 1.04 bits per heavy atom. The van der Waals surface area contributed by atoms with Crippen LogP contribution in [-0.2, 0) is 11.3 Å². The van der Waals surface area contributed by atoms with E-state index in [1.807, 2.05) is 29.2 Å². The molecule has 0 N–H and O–H groups in total. The molecule has 1 aliphatic rings. The second kappa shape index (κ2) is 7.21. The lowest BCUT2D eigenvalue weighted by atomic mass is 10.2. The number of carbonyl (C=O) groups is 1. The number of benzene rings is 1. The summed E-state index contributed by atoms with van der Waals surface area (Å²) in [7, 11) is 1.65. The van der Waals surface area contributed by atoms with Crippen molar-refractivity contribution in [3.05, 3.63) is 59.0 Å². The maximum Gasteiger partial charge on any atom is 0.250 e. The van der Waals surface area contributed by atoms with Gasteiger partial charge >= 0.3 is 0 Å². The van der Waals surface area contributed by atoms with Gasteiger partial charge in [-0.05, 0) is 30.3 Å². The highest BCUT2D eigenvalue weighted by Gasteiger charge is 2.21. The van der Waals surface area contributed by atoms with E-state index in [9.17, 15) is 9.59 Å². The van der Waals surface area contributed by atoms with Crippen LogP contribution in [0.25, 0.3) is 0 Å². The minimum atomic E-state index is -0.150. The highest BCUT2D eigenvalue weighted by atomic mass is 16.5. The Morgan fingerprint density at radius 2 is 1.75 bits per heavy atom. The van der Waals surface area contributed by atoms with Crippen LogP contribution in [0.5, 0.6) is 5.75 Å². The first kappa shape index (κ1) is 16.1. The first-order valence-corrected chi connectivity index (χ1v) is 7.99. The molecule has 2 aromatic rings. The fraction of sp³-hybridized carbons (Fsp3) is 0.333. The van der Waals surface area contributed by atoms with Crippen molar-refractivity contribution in [2.45, 2.75) is 6.54 Å². The molecule has 0 spiro atoms. The lowest BCUT2D eigenvalue weighted by molar-refractivity contribution is -0.132. The third-order valence-electron chi connectivity index (χ3n) is 4.27. The van der Waals surface area contributed by atoms with Gasteiger partial charge in [-0.25, -0.2) is 0 Å². The number of carbonyl (C=O) groups excluding carboxylic acids is 1. The van der Waals surface area contributed by atoms with E-state index in [-0.39, 0.29) is 18.0 Å². The molecule has 6 nitrogen and oxygen atoms in total. The van der Waals surface area contributed by atoms with Crippen LogP contribution in [0.3, 0.4) is 0 Å². The van der Waals surface area contributed by atoms with E-state index in [0.29, 0.717) is 13.1 Å². The lowest BCUT2D eigenvalue weighted by Gasteiger charge is -2.36. The standard InChI is InChI=1S/C18H21N3O3/c1-24-16-7-5-15(6-8-16)19-10-12-20(13-11-19)18(23)14-21-9-3-2-4-17(21)22/h2-9H,10-14H2,1H3. The van der Waals surface area contributed by atoms with E-state index in [2.05, 4.69) is 4.90 Å². The molecule has 1 fully saturated rings. The van der Waals surface area contributed by atoms with Gasteiger partial charge in [0.2, 0.25) is 5.91 Å². The summed E-state index contributed by atoms with van der Waals surface area (Å²) in [5, 5.41) is 0. The van der Waals surface area contributed by atoms with Crippen molar-refractivity contribution in [2.24, 2.45) is 0 Å². The van der Waals surface area contributed by atoms with Crippen molar-refractivity contribution in [2.75, 3.05) is 38.2 Å². The number of nitrogens with zero attached hydrogens (tertiary/aromatic N) is 3. The van der Waals surface area contributed by atoms with Crippen LogP contribution in [-0.4, -0.2) is 48.7 Å². The second-order valence-electron chi connectivity index (χ2n) is 5.73. The van der Waals surface area contributed by atoms with Crippen molar-refractivity contribution in [3.8, 4) is 5.75 Å². The number of amides is 1. The maximum absolute atomic E-state index is 12.4. The summed E-state index contributed by atoms with van der Waals surface area (Å²) in [4.78, 5) is 28.1. The zero-order valence-electron chi connectivity index (χ0n) is 13.7. The Hall–Kier alpha value is -2.76. The van der Waals surface area contributed by atoms with Crippen LogP contribution in [0.2, 0.25) is 0 Å². The molecule has 2 heterocycles. The predicted molar refractivity (Wildman–Crippen MR) is 92.5 cm³/mol. The zero-order valence-corrected chi connectivity index (χ0v) is 13.7. The summed E-state index contributed by atoms with van der Waals surface area (Å²) in [5.74, 6) is 0.818. The molecule has 1 saturated heterocycles. The number of rotatable bonds is 4. The number of piperazine rings is 1. The average molecular weight is 327 g/mol. The van der Waals surface area contributed by atoms with E-state index in [4.69, 9.17) is 4.74 Å². The summed E-state index contributed by atoms with van der Waals surface area (Å²) in [6.07, 6.45) is 1.65. The van der Waals surface area contributed by atoms with E-state index in [0.717, 1.165) is 24.5 Å². The van der Waals surface area contributed by atoms with Crippen LogP contribution in [0, 0.1) is 0 Å². The highest BCUT2D eigenvalue weighted by molar-refractivity contribution is 5.76. The number of hydrogen-bond acceptors (Lipinski definition) is 4. The normalized spacial score (nSPS) is 14.5. The van der Waals surface area contributed by atoms with Gasteiger partial charge in [0, 0.05) is 44.1 Å². The van der Waals surface area contributed by atoms with Crippen LogP contribution < -0.4 is 15.2 Å². The number of aromatic nitrogens is 1. The molecule has 0 aliphatic carbocycles. The molecule has 6 heteroatoms. The van der Waals surface area contributed by atoms with E-state index in [1.165, 1.54) is 10.6 Å². The molecule has 0 unspecified atom stereocenters. The molecule has 3 rings (SSSR count). The van der Waals surface area contributed by atoms with Gasteiger partial charge < -0.3 is 19.1 Å². The largest absolute Gasteiger partial charge is 0.497 e. The Labute approximate surface area is 140 Å². The van der Waals surface area contributed by atoms with E-state index < -0.39 is 0 Å². The van der Waals surface area contributed by atoms with Gasteiger partial charge in [-0.1, -0.05) is 6.07 Å². The van der Waals surface area contributed by atoms with Crippen molar-refractivity contribution >= 4 is 11.6 Å². The van der Waals surface area contributed by atoms with Crippen LogP contribution in [0.4, 0.5) is 5.69 Å². The van der Waals surface area contributed by atoms with Crippen LogP contribution in [0.15, 0.2) is 53.5 Å². The number of anilines is 1. The highest BCUT2D eigenvalue weighted by Crippen LogP contribution is 2.20. The van der Waals surface area contributed by atoms with Crippen molar-refractivity contribution in [3.63, 3.8) is 0 Å². The molecule has 1 amide bonds. The monoisotopic (exact) mass is 327 g/mol. The minimum absolute atomic E-state index is 0.0160. The third kappa shape index (κ3) is 3.59. The predicted octanol–water partition coefficient (Wildman–Crippen LogP) is 1.21. The number of ether oxygens (including phenoxy) is 1. The topological polar surface area (TPSA) is 54.8 Å². The van der Waals surface area contributed by atoms with E-state index >= 15 is 0 Å². The van der Waals surface area contributed by atoms with Crippen molar-refractivity contribution < 1.29 is 9.53 Å². The Bertz CT molecular complexity index is 747. The molecule has 0 radical (unpaired) electrons. The Morgan fingerprint density at radius 3 is 2.38 bits per heavy atom. The first-order valence-electron chi connectivity index (χ1n) is 7.99. The molecule has 0 saturated carbocycles. The fourth-order valence-corrected chi connectivity index (χ4v) is 2.84. The Kier molecular flexibility index (Phi) is 4.84. The third-order valence-corrected chi connectivity index (χ3v) is 4.27. The zero-order chi connectivity index (χ0) is 16.9. The summed E-state index contributed by atoms with van der Waals surface area (Å²) in [6.45, 7) is 2.98. The van der Waals surface area contributed by atoms with Crippen LogP contribution in [0.1, 0.15) is 0 Å². The summed E-state index contributed by atoms with van der Waals surface area (Å²) in [5.41, 5.74) is 0.977. The average Bonchev–Trinajstić information content (AvgIpc) is 2.64. The number of pyridine rings is 1. The summed E-state index contributed by atoms with van der Waals surface area (Å²) < 4.78 is 6.61. The fourth-order valence-electron chi connectivity index (χ4n) is 2.84. The molecule has 126 valence electrons. The van der Waals surface area contributed by atoms with Gasteiger partial charge in [0.1, 0.15) is 12.3 Å². The van der Waals surface area contributed by atoms with E-state index in [1.54, 1.807) is 25.4 Å². The van der Waals surface area contributed by atoms with Gasteiger partial charge in [0.25, 0.3) is 5.56 Å². The summed E-state index contributed by atoms with van der Waals surface area (Å²) in [6, 6.07) is 12.8. The number of methoxy groups -OCH3 is 1.